The smallest absolute Gasteiger partial charge is 0.378 e. The van der Waals surface area contributed by atoms with E-state index < -0.39 is 4.92 Å². The van der Waals surface area contributed by atoms with Crippen LogP contribution in [0.4, 0.5) is 11.5 Å². The van der Waals surface area contributed by atoms with E-state index in [0.717, 1.165) is 0 Å². The topological polar surface area (TPSA) is 97.2 Å². The molecular weight excluding hydrogens is 212 g/mol. The zero-order chi connectivity index (χ0) is 12.0. The van der Waals surface area contributed by atoms with Crippen LogP contribution in [0.1, 0.15) is 6.42 Å². The lowest BCUT2D eigenvalue weighted by Gasteiger charge is -2.05. The van der Waals surface area contributed by atoms with Gasteiger partial charge in [0.15, 0.2) is 0 Å². The fraction of sp³-hybridized carbons (Fsp3) is 0.333. The molecule has 1 rings (SSSR count). The Balaban J connectivity index is 2.60. The van der Waals surface area contributed by atoms with E-state index in [9.17, 15) is 14.9 Å². The predicted octanol–water partition coefficient (Wildman–Crippen LogP) is 0.538. The van der Waals surface area contributed by atoms with E-state index >= 15 is 0 Å². The Morgan fingerprint density at radius 3 is 3.00 bits per heavy atom. The Morgan fingerprint density at radius 2 is 2.38 bits per heavy atom. The quantitative estimate of drug-likeness (QED) is 0.562. The average Bonchev–Trinajstić information content (AvgIpc) is 2.29. The van der Waals surface area contributed by atoms with Gasteiger partial charge in [0.1, 0.15) is 11.9 Å². The first kappa shape index (κ1) is 11.9. The fourth-order valence-corrected chi connectivity index (χ4v) is 1.12. The molecule has 0 saturated heterocycles. The molecule has 0 aromatic carbocycles. The molecule has 16 heavy (non-hydrogen) atoms. The first-order valence-electron chi connectivity index (χ1n) is 4.69. The van der Waals surface area contributed by atoms with Crippen molar-refractivity contribution in [2.45, 2.75) is 6.42 Å². The van der Waals surface area contributed by atoms with E-state index in [1.807, 2.05) is 0 Å². The maximum absolute atomic E-state index is 10.9. The van der Waals surface area contributed by atoms with Crippen LogP contribution in [0.5, 0.6) is 0 Å². The van der Waals surface area contributed by atoms with Crippen LogP contribution >= 0.6 is 0 Å². The predicted molar refractivity (Wildman–Crippen MR) is 58.1 cm³/mol. The van der Waals surface area contributed by atoms with E-state index in [-0.39, 0.29) is 18.1 Å². The van der Waals surface area contributed by atoms with E-state index in [1.165, 1.54) is 13.2 Å². The highest BCUT2D eigenvalue weighted by atomic mass is 16.6. The first-order valence-corrected chi connectivity index (χ1v) is 4.69. The molecule has 0 atom stereocenters. The van der Waals surface area contributed by atoms with Crippen LogP contribution in [-0.4, -0.2) is 29.4 Å². The van der Waals surface area contributed by atoms with Crippen molar-refractivity contribution in [3.8, 4) is 0 Å². The zero-order valence-electron chi connectivity index (χ0n) is 8.77. The number of amides is 1. The van der Waals surface area contributed by atoms with Gasteiger partial charge in [-0.1, -0.05) is 0 Å². The summed E-state index contributed by atoms with van der Waals surface area (Å²) in [7, 11) is 1.54. The van der Waals surface area contributed by atoms with Gasteiger partial charge in [-0.3, -0.25) is 4.79 Å². The van der Waals surface area contributed by atoms with Gasteiger partial charge in [0.25, 0.3) is 0 Å². The summed E-state index contributed by atoms with van der Waals surface area (Å²) in [6.07, 6.45) is 1.60. The van der Waals surface area contributed by atoms with Gasteiger partial charge >= 0.3 is 5.82 Å². The van der Waals surface area contributed by atoms with Gasteiger partial charge in [0.2, 0.25) is 5.91 Å². The Bertz CT molecular complexity index is 394. The number of nitro groups is 1. The summed E-state index contributed by atoms with van der Waals surface area (Å²) in [5, 5.41) is 15.9. The number of hydrogen-bond acceptors (Lipinski definition) is 5. The summed E-state index contributed by atoms with van der Waals surface area (Å²) in [6.45, 7) is 0.326. The van der Waals surface area contributed by atoms with E-state index in [4.69, 9.17) is 0 Å². The molecular formula is C9H12N4O3. The third-order valence-electron chi connectivity index (χ3n) is 1.91. The number of rotatable bonds is 5. The number of carbonyl (C=O) groups is 1. The number of anilines is 1. The molecule has 0 unspecified atom stereocenters. The van der Waals surface area contributed by atoms with Crippen LogP contribution < -0.4 is 10.6 Å². The largest absolute Gasteiger partial charge is 0.386 e. The third-order valence-corrected chi connectivity index (χ3v) is 1.91. The van der Waals surface area contributed by atoms with E-state index in [1.54, 1.807) is 12.1 Å². The van der Waals surface area contributed by atoms with Crippen LogP contribution in [0.2, 0.25) is 0 Å². The fourth-order valence-electron chi connectivity index (χ4n) is 1.12. The van der Waals surface area contributed by atoms with Crippen molar-refractivity contribution in [2.24, 2.45) is 0 Å². The van der Waals surface area contributed by atoms with Crippen molar-refractivity contribution in [3.63, 3.8) is 0 Å². The molecule has 0 spiro atoms. The summed E-state index contributed by atoms with van der Waals surface area (Å²) in [4.78, 5) is 24.6. The summed E-state index contributed by atoms with van der Waals surface area (Å²) < 4.78 is 0. The normalized spacial score (nSPS) is 9.56. The molecule has 0 radical (unpaired) electrons. The minimum atomic E-state index is -0.567. The standard InChI is InChI=1S/C9H12N4O3/c1-10-8(14)4-6-11-7-3-2-5-12-9(7)13(15)16/h2-3,5,11H,4,6H2,1H3,(H,10,14). The number of aromatic nitrogens is 1. The van der Waals surface area contributed by atoms with Gasteiger partial charge in [-0.15, -0.1) is 0 Å². The van der Waals surface area contributed by atoms with E-state index in [2.05, 4.69) is 15.6 Å². The minimum Gasteiger partial charge on any atom is -0.378 e. The molecule has 7 nitrogen and oxygen atoms in total. The van der Waals surface area contributed by atoms with E-state index in [0.29, 0.717) is 12.2 Å². The van der Waals surface area contributed by atoms with Gasteiger partial charge < -0.3 is 20.7 Å². The SMILES string of the molecule is CNC(=O)CCNc1cccnc1[N+](=O)[O-]. The molecule has 0 bridgehead atoms. The molecule has 86 valence electrons. The van der Waals surface area contributed by atoms with Crippen LogP contribution in [0, 0.1) is 10.1 Å². The van der Waals surface area contributed by atoms with Gasteiger partial charge in [-0.25, -0.2) is 0 Å². The number of nitrogens with one attached hydrogen (secondary N) is 2. The summed E-state index contributed by atoms with van der Waals surface area (Å²) in [6, 6.07) is 3.14. The average molecular weight is 224 g/mol. The van der Waals surface area contributed by atoms with Crippen molar-refractivity contribution >= 4 is 17.4 Å². The molecule has 0 aliphatic rings. The van der Waals surface area contributed by atoms with Crippen molar-refractivity contribution in [3.05, 3.63) is 28.4 Å². The highest BCUT2D eigenvalue weighted by Gasteiger charge is 2.13. The second kappa shape index (κ2) is 5.64. The Hall–Kier alpha value is -2.18. The van der Waals surface area contributed by atoms with Crippen LogP contribution in [-0.2, 0) is 4.79 Å². The molecule has 1 aromatic rings. The molecule has 1 heterocycles. The van der Waals surface area contributed by atoms with Gasteiger partial charge in [0, 0.05) is 20.0 Å². The lowest BCUT2D eigenvalue weighted by molar-refractivity contribution is -0.388. The second-order valence-corrected chi connectivity index (χ2v) is 2.98. The van der Waals surface area contributed by atoms with Gasteiger partial charge in [0.05, 0.1) is 0 Å². The number of pyridine rings is 1. The van der Waals surface area contributed by atoms with Crippen molar-refractivity contribution in [1.82, 2.24) is 10.3 Å². The maximum Gasteiger partial charge on any atom is 0.386 e. The number of hydrogen-bond donors (Lipinski definition) is 2. The zero-order valence-corrected chi connectivity index (χ0v) is 8.77. The molecule has 1 aromatic heterocycles. The molecule has 0 saturated carbocycles. The highest BCUT2D eigenvalue weighted by molar-refractivity contribution is 5.76. The Kier molecular flexibility index (Phi) is 4.19. The molecule has 0 fully saturated rings. The minimum absolute atomic E-state index is 0.126. The van der Waals surface area contributed by atoms with Crippen LogP contribution in [0.25, 0.3) is 0 Å². The van der Waals surface area contributed by atoms with Crippen molar-refractivity contribution in [1.29, 1.82) is 0 Å². The van der Waals surface area contributed by atoms with Gasteiger partial charge in [-0.2, -0.15) is 0 Å². The number of carbonyl (C=O) groups excluding carboxylic acids is 1. The van der Waals surface area contributed by atoms with Crippen LogP contribution in [0.15, 0.2) is 18.3 Å². The summed E-state index contributed by atoms with van der Waals surface area (Å²) >= 11 is 0. The summed E-state index contributed by atoms with van der Waals surface area (Å²) in [5.74, 6) is -0.363. The highest BCUT2D eigenvalue weighted by Crippen LogP contribution is 2.19. The van der Waals surface area contributed by atoms with Crippen molar-refractivity contribution in [2.75, 3.05) is 18.9 Å². The molecule has 7 heteroatoms. The molecule has 0 aliphatic heterocycles. The maximum atomic E-state index is 10.9. The second-order valence-electron chi connectivity index (χ2n) is 2.98. The Labute approximate surface area is 92.0 Å². The lowest BCUT2D eigenvalue weighted by atomic mass is 10.3. The third kappa shape index (κ3) is 3.19. The Morgan fingerprint density at radius 1 is 1.62 bits per heavy atom. The first-order chi connectivity index (χ1) is 7.65. The number of nitrogens with zero attached hydrogens (tertiary/aromatic N) is 2. The molecule has 2 N–H and O–H groups in total. The molecule has 1 amide bonds. The lowest BCUT2D eigenvalue weighted by Crippen LogP contribution is -2.21. The monoisotopic (exact) mass is 224 g/mol. The molecule has 0 aliphatic carbocycles. The van der Waals surface area contributed by atoms with Crippen molar-refractivity contribution < 1.29 is 9.72 Å². The van der Waals surface area contributed by atoms with Gasteiger partial charge in [-0.05, 0) is 22.0 Å². The summed E-state index contributed by atoms with van der Waals surface area (Å²) in [5.41, 5.74) is 0.316. The van der Waals surface area contributed by atoms with Crippen LogP contribution in [0.3, 0.4) is 0 Å².